The van der Waals surface area contributed by atoms with Gasteiger partial charge >= 0.3 is 6.01 Å². The van der Waals surface area contributed by atoms with E-state index < -0.39 is 0 Å². The summed E-state index contributed by atoms with van der Waals surface area (Å²) < 4.78 is 5.72. The van der Waals surface area contributed by atoms with Gasteiger partial charge in [-0.05, 0) is 51.0 Å². The first kappa shape index (κ1) is 15.3. The third kappa shape index (κ3) is 4.20. The summed E-state index contributed by atoms with van der Waals surface area (Å²) in [6.45, 7) is 9.80. The van der Waals surface area contributed by atoms with Gasteiger partial charge in [-0.25, -0.2) is 0 Å². The van der Waals surface area contributed by atoms with E-state index in [9.17, 15) is 0 Å². The van der Waals surface area contributed by atoms with Crippen molar-refractivity contribution >= 4 is 6.01 Å². The normalized spacial score (nSPS) is 28.3. The second kappa shape index (κ2) is 7.07. The molecule has 1 aromatic heterocycles. The Balaban J connectivity index is 1.89. The van der Waals surface area contributed by atoms with Crippen molar-refractivity contribution < 1.29 is 4.42 Å². The first-order valence-corrected chi connectivity index (χ1v) is 7.91. The average Bonchev–Trinajstić information content (AvgIpc) is 2.83. The number of aromatic nitrogens is 2. The Kier molecular flexibility index (Phi) is 5.40. The van der Waals surface area contributed by atoms with Gasteiger partial charge in [0.2, 0.25) is 5.89 Å². The van der Waals surface area contributed by atoms with E-state index in [0.717, 1.165) is 24.8 Å². The second-order valence-electron chi connectivity index (χ2n) is 6.38. The van der Waals surface area contributed by atoms with Crippen molar-refractivity contribution in [3.05, 3.63) is 5.89 Å². The molecule has 0 bridgehead atoms. The quantitative estimate of drug-likeness (QED) is 0.836. The Labute approximate surface area is 121 Å². The molecule has 5 heteroatoms. The maximum Gasteiger partial charge on any atom is 0.315 e. The standard InChI is InChI=1S/C15H28N4O/c1-5-6-16-12(4)14-18-19-15(20-14)17-13-8-10(2)7-11(3)9-13/h10-13,16H,5-9H2,1-4H3,(H,17,19). The first-order valence-electron chi connectivity index (χ1n) is 7.91. The van der Waals surface area contributed by atoms with Crippen molar-refractivity contribution in [1.29, 1.82) is 0 Å². The van der Waals surface area contributed by atoms with Gasteiger partial charge in [-0.15, -0.1) is 5.10 Å². The van der Waals surface area contributed by atoms with Crippen LogP contribution >= 0.6 is 0 Å². The average molecular weight is 280 g/mol. The number of anilines is 1. The third-order valence-corrected chi connectivity index (χ3v) is 4.02. The van der Waals surface area contributed by atoms with Crippen LogP contribution < -0.4 is 10.6 Å². The molecule has 1 heterocycles. The molecule has 3 unspecified atom stereocenters. The summed E-state index contributed by atoms with van der Waals surface area (Å²) >= 11 is 0. The molecular weight excluding hydrogens is 252 g/mol. The summed E-state index contributed by atoms with van der Waals surface area (Å²) in [5, 5.41) is 15.0. The smallest absolute Gasteiger partial charge is 0.315 e. The van der Waals surface area contributed by atoms with Gasteiger partial charge in [-0.2, -0.15) is 0 Å². The number of rotatable bonds is 6. The minimum Gasteiger partial charge on any atom is -0.406 e. The molecule has 1 fully saturated rings. The minimum absolute atomic E-state index is 0.113. The first-order chi connectivity index (χ1) is 9.58. The van der Waals surface area contributed by atoms with Crippen molar-refractivity contribution in [2.45, 2.75) is 65.5 Å². The zero-order valence-corrected chi connectivity index (χ0v) is 13.1. The molecule has 114 valence electrons. The molecule has 3 atom stereocenters. The monoisotopic (exact) mass is 280 g/mol. The Morgan fingerprint density at radius 3 is 2.55 bits per heavy atom. The highest BCUT2D eigenvalue weighted by atomic mass is 16.4. The van der Waals surface area contributed by atoms with Crippen LogP contribution in [0.3, 0.4) is 0 Å². The molecule has 0 radical (unpaired) electrons. The molecule has 20 heavy (non-hydrogen) atoms. The van der Waals surface area contributed by atoms with Crippen LogP contribution in [0.15, 0.2) is 4.42 Å². The summed E-state index contributed by atoms with van der Waals surface area (Å²) in [5.74, 6) is 2.20. The van der Waals surface area contributed by atoms with E-state index in [4.69, 9.17) is 4.42 Å². The maximum absolute atomic E-state index is 5.72. The van der Waals surface area contributed by atoms with Gasteiger partial charge in [-0.1, -0.05) is 25.9 Å². The fourth-order valence-corrected chi connectivity index (χ4v) is 3.16. The van der Waals surface area contributed by atoms with E-state index in [0.29, 0.717) is 17.9 Å². The molecular formula is C15H28N4O. The van der Waals surface area contributed by atoms with Crippen LogP contribution in [0, 0.1) is 11.8 Å². The lowest BCUT2D eigenvalue weighted by atomic mass is 9.80. The van der Waals surface area contributed by atoms with Crippen molar-refractivity contribution in [1.82, 2.24) is 15.5 Å². The van der Waals surface area contributed by atoms with Gasteiger partial charge in [-0.3, -0.25) is 0 Å². The van der Waals surface area contributed by atoms with Crippen LogP contribution in [0.25, 0.3) is 0 Å². The predicted molar refractivity (Wildman–Crippen MR) is 80.6 cm³/mol. The van der Waals surface area contributed by atoms with E-state index in [-0.39, 0.29) is 6.04 Å². The van der Waals surface area contributed by atoms with Gasteiger partial charge in [0.15, 0.2) is 0 Å². The van der Waals surface area contributed by atoms with Crippen molar-refractivity contribution in [3.63, 3.8) is 0 Å². The zero-order chi connectivity index (χ0) is 14.5. The molecule has 1 aliphatic rings. The molecule has 0 saturated heterocycles. The highest BCUT2D eigenvalue weighted by Crippen LogP contribution is 2.30. The Morgan fingerprint density at radius 1 is 1.20 bits per heavy atom. The summed E-state index contributed by atoms with van der Waals surface area (Å²) in [7, 11) is 0. The molecule has 0 amide bonds. The van der Waals surface area contributed by atoms with Crippen LogP contribution in [0.2, 0.25) is 0 Å². The summed E-state index contributed by atoms with van der Waals surface area (Å²) in [6, 6.07) is 1.14. The topological polar surface area (TPSA) is 63.0 Å². The van der Waals surface area contributed by atoms with Gasteiger partial charge < -0.3 is 15.1 Å². The fourth-order valence-electron chi connectivity index (χ4n) is 3.16. The summed E-state index contributed by atoms with van der Waals surface area (Å²) in [5.41, 5.74) is 0. The van der Waals surface area contributed by atoms with Crippen LogP contribution in [0.1, 0.15) is 65.3 Å². The lowest BCUT2D eigenvalue weighted by Crippen LogP contribution is -2.30. The third-order valence-electron chi connectivity index (χ3n) is 4.02. The van der Waals surface area contributed by atoms with Crippen LogP contribution in [-0.4, -0.2) is 22.8 Å². The number of nitrogens with one attached hydrogen (secondary N) is 2. The Bertz CT molecular complexity index is 396. The van der Waals surface area contributed by atoms with Crippen LogP contribution in [0.4, 0.5) is 6.01 Å². The van der Waals surface area contributed by atoms with E-state index >= 15 is 0 Å². The SMILES string of the molecule is CCCNC(C)c1nnc(NC2CC(C)CC(C)C2)o1. The lowest BCUT2D eigenvalue weighted by molar-refractivity contribution is 0.277. The fraction of sp³-hybridized carbons (Fsp3) is 0.867. The Hall–Kier alpha value is -1.10. The van der Waals surface area contributed by atoms with E-state index in [1.165, 1.54) is 19.3 Å². The molecule has 2 N–H and O–H groups in total. The van der Waals surface area contributed by atoms with E-state index in [2.05, 4.69) is 48.5 Å². The molecule has 2 rings (SSSR count). The van der Waals surface area contributed by atoms with Crippen molar-refractivity contribution in [2.75, 3.05) is 11.9 Å². The molecule has 1 aliphatic carbocycles. The highest BCUT2D eigenvalue weighted by molar-refractivity contribution is 5.20. The second-order valence-corrected chi connectivity index (χ2v) is 6.38. The van der Waals surface area contributed by atoms with E-state index in [1.54, 1.807) is 0 Å². The summed E-state index contributed by atoms with van der Waals surface area (Å²) in [4.78, 5) is 0. The zero-order valence-electron chi connectivity index (χ0n) is 13.1. The van der Waals surface area contributed by atoms with E-state index in [1.807, 2.05) is 0 Å². The highest BCUT2D eigenvalue weighted by Gasteiger charge is 2.25. The van der Waals surface area contributed by atoms with Crippen molar-refractivity contribution in [2.24, 2.45) is 11.8 Å². The maximum atomic E-state index is 5.72. The Morgan fingerprint density at radius 2 is 1.90 bits per heavy atom. The van der Waals surface area contributed by atoms with Gasteiger partial charge in [0.25, 0.3) is 0 Å². The number of hydrogen-bond donors (Lipinski definition) is 2. The minimum atomic E-state index is 0.113. The molecule has 0 aliphatic heterocycles. The molecule has 0 spiro atoms. The molecule has 5 nitrogen and oxygen atoms in total. The van der Waals surface area contributed by atoms with Gasteiger partial charge in [0.1, 0.15) is 0 Å². The van der Waals surface area contributed by atoms with Crippen LogP contribution in [0.5, 0.6) is 0 Å². The lowest BCUT2D eigenvalue weighted by Gasteiger charge is -2.31. The van der Waals surface area contributed by atoms with Gasteiger partial charge in [0.05, 0.1) is 6.04 Å². The van der Waals surface area contributed by atoms with Gasteiger partial charge in [0, 0.05) is 6.04 Å². The van der Waals surface area contributed by atoms with Crippen molar-refractivity contribution in [3.8, 4) is 0 Å². The van der Waals surface area contributed by atoms with Crippen LogP contribution in [-0.2, 0) is 0 Å². The molecule has 1 aromatic rings. The summed E-state index contributed by atoms with van der Waals surface area (Å²) in [6.07, 6.45) is 4.80. The predicted octanol–water partition coefficient (Wildman–Crippen LogP) is 3.37. The number of hydrogen-bond acceptors (Lipinski definition) is 5. The largest absolute Gasteiger partial charge is 0.406 e. The number of nitrogens with zero attached hydrogens (tertiary/aromatic N) is 2. The molecule has 1 saturated carbocycles. The molecule has 0 aromatic carbocycles.